The Morgan fingerprint density at radius 1 is 1.38 bits per heavy atom. The van der Waals surface area contributed by atoms with Gasteiger partial charge in [-0.1, -0.05) is 13.8 Å². The van der Waals surface area contributed by atoms with Gasteiger partial charge in [-0.05, 0) is 18.4 Å². The van der Waals surface area contributed by atoms with Crippen LogP contribution in [0.15, 0.2) is 0 Å². The summed E-state index contributed by atoms with van der Waals surface area (Å²) < 4.78 is 36.1. The van der Waals surface area contributed by atoms with Crippen LogP contribution in [0.5, 0.6) is 0 Å². The summed E-state index contributed by atoms with van der Waals surface area (Å²) in [4.78, 5) is 1.86. The van der Waals surface area contributed by atoms with Crippen molar-refractivity contribution in [2.75, 3.05) is 19.6 Å². The number of nitrogens with zero attached hydrogens (tertiary/aromatic N) is 1. The van der Waals surface area contributed by atoms with Gasteiger partial charge in [-0.25, -0.2) is 0 Å². The number of likely N-dealkylation sites (tertiary alicyclic amines) is 1. The Morgan fingerprint density at radius 3 is 2.38 bits per heavy atom. The average Bonchev–Trinajstić information content (AvgIpc) is 2.06. The van der Waals surface area contributed by atoms with Crippen LogP contribution in [-0.2, 0) is 0 Å². The van der Waals surface area contributed by atoms with Crippen molar-refractivity contribution in [2.24, 2.45) is 11.1 Å². The van der Waals surface area contributed by atoms with E-state index in [1.807, 2.05) is 18.7 Å². The Hall–Kier alpha value is 0. The van der Waals surface area contributed by atoms with Gasteiger partial charge in [0.15, 0.2) is 0 Å². The first-order valence-corrected chi connectivity index (χ1v) is 5.25. The van der Waals surface area contributed by atoms with E-state index in [1.165, 1.54) is 0 Å². The molecule has 0 radical (unpaired) electrons. The molecule has 0 saturated carbocycles. The number of hydrogen-bond acceptors (Lipinski definition) is 2. The second-order valence-corrected chi connectivity index (χ2v) is 5.03. The van der Waals surface area contributed by atoms with E-state index in [2.05, 4.69) is 0 Å². The molecule has 98 valence electrons. The normalized spacial score (nSPS) is 26.2. The van der Waals surface area contributed by atoms with E-state index in [9.17, 15) is 13.2 Å². The van der Waals surface area contributed by atoms with Gasteiger partial charge in [0.05, 0.1) is 6.42 Å². The van der Waals surface area contributed by atoms with E-state index in [4.69, 9.17) is 5.73 Å². The van der Waals surface area contributed by atoms with Crippen molar-refractivity contribution in [3.63, 3.8) is 0 Å². The van der Waals surface area contributed by atoms with Crippen LogP contribution in [0.2, 0.25) is 0 Å². The van der Waals surface area contributed by atoms with Gasteiger partial charge in [0.1, 0.15) is 0 Å². The molecular weight excluding hydrogens is 241 g/mol. The van der Waals surface area contributed by atoms with Crippen LogP contribution in [-0.4, -0.2) is 36.8 Å². The molecule has 0 aromatic heterocycles. The lowest BCUT2D eigenvalue weighted by atomic mass is 9.80. The zero-order valence-electron chi connectivity index (χ0n) is 9.68. The molecule has 1 aliphatic heterocycles. The lowest BCUT2D eigenvalue weighted by molar-refractivity contribution is -0.139. The van der Waals surface area contributed by atoms with Crippen LogP contribution in [0.3, 0.4) is 0 Å². The van der Waals surface area contributed by atoms with Gasteiger partial charge in [-0.15, -0.1) is 12.4 Å². The third kappa shape index (κ3) is 4.89. The minimum absolute atomic E-state index is 0. The maximum atomic E-state index is 12.0. The summed E-state index contributed by atoms with van der Waals surface area (Å²) in [6.07, 6.45) is -3.99. The van der Waals surface area contributed by atoms with Gasteiger partial charge < -0.3 is 10.6 Å². The topological polar surface area (TPSA) is 29.3 Å². The monoisotopic (exact) mass is 260 g/mol. The van der Waals surface area contributed by atoms with Crippen LogP contribution in [0.1, 0.15) is 26.7 Å². The van der Waals surface area contributed by atoms with Crippen molar-refractivity contribution < 1.29 is 13.2 Å². The number of halogens is 4. The number of nitrogens with two attached hydrogens (primary N) is 1. The summed E-state index contributed by atoms with van der Waals surface area (Å²) in [6.45, 7) is 5.46. The Morgan fingerprint density at radius 2 is 1.94 bits per heavy atom. The first-order chi connectivity index (χ1) is 6.71. The first kappa shape index (κ1) is 16.0. The largest absolute Gasteiger partial charge is 0.390 e. The smallest absolute Gasteiger partial charge is 0.327 e. The van der Waals surface area contributed by atoms with Crippen LogP contribution < -0.4 is 5.73 Å². The summed E-state index contributed by atoms with van der Waals surface area (Å²) >= 11 is 0. The van der Waals surface area contributed by atoms with Crippen molar-refractivity contribution in [1.82, 2.24) is 4.90 Å². The maximum Gasteiger partial charge on any atom is 0.390 e. The van der Waals surface area contributed by atoms with Gasteiger partial charge >= 0.3 is 6.18 Å². The number of alkyl halides is 3. The third-order valence-corrected chi connectivity index (χ3v) is 3.10. The Labute approximate surface area is 101 Å². The molecule has 0 aromatic carbocycles. The van der Waals surface area contributed by atoms with E-state index in [-0.39, 0.29) is 30.4 Å². The molecule has 1 unspecified atom stereocenters. The molecule has 2 nitrogen and oxygen atoms in total. The highest BCUT2D eigenvalue weighted by molar-refractivity contribution is 5.85. The number of hydrogen-bond donors (Lipinski definition) is 1. The minimum Gasteiger partial charge on any atom is -0.327 e. The summed E-state index contributed by atoms with van der Waals surface area (Å²) in [5, 5.41) is 0. The zero-order valence-corrected chi connectivity index (χ0v) is 10.5. The predicted molar refractivity (Wildman–Crippen MR) is 60.7 cm³/mol. The van der Waals surface area contributed by atoms with E-state index >= 15 is 0 Å². The molecule has 1 heterocycles. The lowest BCUT2D eigenvalue weighted by Crippen LogP contribution is -2.52. The molecule has 0 amide bonds. The van der Waals surface area contributed by atoms with Crippen LogP contribution >= 0.6 is 12.4 Å². The summed E-state index contributed by atoms with van der Waals surface area (Å²) in [5.41, 5.74) is 5.83. The van der Waals surface area contributed by atoms with Crippen molar-refractivity contribution in [1.29, 1.82) is 0 Å². The van der Waals surface area contributed by atoms with Crippen LogP contribution in [0.25, 0.3) is 0 Å². The highest BCUT2D eigenvalue weighted by Gasteiger charge is 2.35. The van der Waals surface area contributed by atoms with Crippen LogP contribution in [0, 0.1) is 5.41 Å². The first-order valence-electron chi connectivity index (χ1n) is 5.25. The van der Waals surface area contributed by atoms with E-state index in [1.54, 1.807) is 0 Å². The fraction of sp³-hybridized carbons (Fsp3) is 1.00. The molecule has 0 spiro atoms. The standard InChI is InChI=1S/C10H19F3N2.ClH/c1-9(2)7-15(5-3-8(9)14)6-4-10(11,12)13;/h8H,3-7,14H2,1-2H3;1H. The Kier molecular flexibility index (Phi) is 5.56. The Balaban J connectivity index is 0.00000225. The molecule has 1 rings (SSSR count). The molecule has 1 aliphatic rings. The lowest BCUT2D eigenvalue weighted by Gasteiger charge is -2.42. The SMILES string of the molecule is CC1(C)CN(CCC(F)(F)F)CCC1N.Cl. The number of piperidine rings is 1. The molecule has 6 heteroatoms. The molecule has 16 heavy (non-hydrogen) atoms. The molecule has 0 aliphatic carbocycles. The zero-order chi connectivity index (χ0) is 11.7. The molecule has 1 atom stereocenters. The second-order valence-electron chi connectivity index (χ2n) is 5.03. The van der Waals surface area contributed by atoms with E-state index in [0.717, 1.165) is 6.42 Å². The van der Waals surface area contributed by atoms with E-state index < -0.39 is 12.6 Å². The van der Waals surface area contributed by atoms with Crippen LogP contribution in [0.4, 0.5) is 13.2 Å². The quantitative estimate of drug-likeness (QED) is 0.826. The average molecular weight is 261 g/mol. The van der Waals surface area contributed by atoms with Gasteiger partial charge in [-0.2, -0.15) is 13.2 Å². The fourth-order valence-electron chi connectivity index (χ4n) is 1.96. The van der Waals surface area contributed by atoms with Crippen molar-refractivity contribution in [2.45, 2.75) is 38.9 Å². The molecule has 1 fully saturated rings. The fourth-order valence-corrected chi connectivity index (χ4v) is 1.96. The Bertz CT molecular complexity index is 219. The maximum absolute atomic E-state index is 12.0. The van der Waals surface area contributed by atoms with Gasteiger partial charge in [0, 0.05) is 19.1 Å². The minimum atomic E-state index is -4.05. The molecular formula is C10H20ClF3N2. The van der Waals surface area contributed by atoms with Gasteiger partial charge in [0.25, 0.3) is 0 Å². The van der Waals surface area contributed by atoms with Gasteiger partial charge in [-0.3, -0.25) is 0 Å². The second kappa shape index (κ2) is 5.56. The molecule has 1 saturated heterocycles. The highest BCUT2D eigenvalue weighted by Crippen LogP contribution is 2.29. The van der Waals surface area contributed by atoms with Gasteiger partial charge in [0.2, 0.25) is 0 Å². The number of rotatable bonds is 2. The summed E-state index contributed by atoms with van der Waals surface area (Å²) in [7, 11) is 0. The van der Waals surface area contributed by atoms with Crippen molar-refractivity contribution in [3.8, 4) is 0 Å². The molecule has 0 bridgehead atoms. The van der Waals surface area contributed by atoms with E-state index in [0.29, 0.717) is 13.1 Å². The predicted octanol–water partition coefficient (Wildman–Crippen LogP) is 2.42. The third-order valence-electron chi connectivity index (χ3n) is 3.10. The highest BCUT2D eigenvalue weighted by atomic mass is 35.5. The molecule has 2 N–H and O–H groups in total. The summed E-state index contributed by atoms with van der Waals surface area (Å²) in [5.74, 6) is 0. The summed E-state index contributed by atoms with van der Waals surface area (Å²) in [6, 6.07) is 0.0969. The van der Waals surface area contributed by atoms with Crippen molar-refractivity contribution >= 4 is 12.4 Å². The van der Waals surface area contributed by atoms with Crippen molar-refractivity contribution in [3.05, 3.63) is 0 Å². The molecule has 0 aromatic rings.